The van der Waals surface area contributed by atoms with Crippen LogP contribution in [-0.2, 0) is 5.75 Å². The van der Waals surface area contributed by atoms with Crippen LogP contribution in [0.25, 0.3) is 0 Å². The van der Waals surface area contributed by atoms with E-state index in [-0.39, 0.29) is 10.8 Å². The summed E-state index contributed by atoms with van der Waals surface area (Å²) in [6.45, 7) is 1.61. The molecule has 0 aliphatic heterocycles. The molecule has 1 aromatic carbocycles. The van der Waals surface area contributed by atoms with Crippen molar-refractivity contribution in [1.82, 2.24) is 10.2 Å². The number of rotatable bonds is 6. The van der Waals surface area contributed by atoms with Crippen molar-refractivity contribution >= 4 is 29.3 Å². The van der Waals surface area contributed by atoms with E-state index in [4.69, 9.17) is 4.42 Å². The van der Waals surface area contributed by atoms with Gasteiger partial charge in [0.1, 0.15) is 11.6 Å². The molecule has 1 aromatic heterocycles. The number of hydrogen-bond acceptors (Lipinski definition) is 6. The number of aromatic nitrogens is 2. The van der Waals surface area contributed by atoms with Gasteiger partial charge in [-0.3, -0.25) is 4.79 Å². The number of halogens is 2. The van der Waals surface area contributed by atoms with Crippen molar-refractivity contribution in [3.05, 3.63) is 41.3 Å². The van der Waals surface area contributed by atoms with Gasteiger partial charge in [0.2, 0.25) is 5.89 Å². The van der Waals surface area contributed by atoms with Crippen LogP contribution in [0.15, 0.2) is 27.8 Å². The molecule has 4 nitrogen and oxygen atoms in total. The normalized spacial score (nSPS) is 12.4. The average molecular weight is 330 g/mol. The van der Waals surface area contributed by atoms with Gasteiger partial charge >= 0.3 is 0 Å². The fraction of sp³-hybridized carbons (Fsp3) is 0.308. The summed E-state index contributed by atoms with van der Waals surface area (Å²) in [7, 11) is 0. The number of thioether (sulfide) groups is 2. The topological polar surface area (TPSA) is 56.0 Å². The highest BCUT2D eigenvalue weighted by Gasteiger charge is 2.22. The Morgan fingerprint density at radius 1 is 1.38 bits per heavy atom. The summed E-state index contributed by atoms with van der Waals surface area (Å²) in [5.41, 5.74) is -0.153. The van der Waals surface area contributed by atoms with Gasteiger partial charge in [0.05, 0.1) is 16.6 Å². The van der Waals surface area contributed by atoms with Gasteiger partial charge < -0.3 is 4.42 Å². The summed E-state index contributed by atoms with van der Waals surface area (Å²) in [5.74, 6) is -0.994. The number of nitrogens with zero attached hydrogens (tertiary/aromatic N) is 2. The molecule has 1 atom stereocenters. The van der Waals surface area contributed by atoms with E-state index in [1.54, 1.807) is 6.92 Å². The maximum absolute atomic E-state index is 13.6. The Morgan fingerprint density at radius 2 is 2.14 bits per heavy atom. The maximum Gasteiger partial charge on any atom is 0.277 e. The lowest BCUT2D eigenvalue weighted by Gasteiger charge is -2.08. The molecule has 0 amide bonds. The Balaban J connectivity index is 2.08. The summed E-state index contributed by atoms with van der Waals surface area (Å²) >= 11 is 2.58. The molecule has 112 valence electrons. The number of benzene rings is 1. The van der Waals surface area contributed by atoms with Crippen molar-refractivity contribution < 1.29 is 18.0 Å². The van der Waals surface area contributed by atoms with Crippen LogP contribution in [0.3, 0.4) is 0 Å². The zero-order valence-electron chi connectivity index (χ0n) is 11.3. The molecule has 0 N–H and O–H groups in total. The fourth-order valence-electron chi connectivity index (χ4n) is 1.58. The van der Waals surface area contributed by atoms with Crippen LogP contribution >= 0.6 is 23.5 Å². The summed E-state index contributed by atoms with van der Waals surface area (Å²) < 4.78 is 31.8. The van der Waals surface area contributed by atoms with Crippen molar-refractivity contribution in [3.8, 4) is 0 Å². The SMILES string of the molecule is CSCc1nnc(SC(C)C(=O)c2ccc(F)cc2F)o1. The predicted molar refractivity (Wildman–Crippen MR) is 77.5 cm³/mol. The number of hydrogen-bond donors (Lipinski definition) is 0. The average Bonchev–Trinajstić information content (AvgIpc) is 2.86. The molecule has 0 aliphatic rings. The first kappa shape index (κ1) is 16.0. The molecular formula is C13H12F2N2O2S2. The zero-order valence-corrected chi connectivity index (χ0v) is 12.9. The number of ketones is 1. The Bertz CT molecular complexity index is 649. The smallest absolute Gasteiger partial charge is 0.277 e. The largest absolute Gasteiger partial charge is 0.415 e. The van der Waals surface area contributed by atoms with Crippen LogP contribution < -0.4 is 0 Å². The molecule has 1 unspecified atom stereocenters. The third-order valence-electron chi connectivity index (χ3n) is 2.56. The molecule has 1 heterocycles. The van der Waals surface area contributed by atoms with E-state index in [2.05, 4.69) is 10.2 Å². The minimum atomic E-state index is -0.874. The van der Waals surface area contributed by atoms with Gasteiger partial charge in [-0.1, -0.05) is 11.8 Å². The Kier molecular flexibility index (Phi) is 5.35. The summed E-state index contributed by atoms with van der Waals surface area (Å²) in [5, 5.41) is 7.28. The standard InChI is InChI=1S/C13H12F2N2O2S2/c1-7(21-13-17-16-11(19-13)6-20-2)12(18)9-4-3-8(14)5-10(9)15/h3-5,7H,6H2,1-2H3. The predicted octanol–water partition coefficient (Wildman–Crippen LogP) is 3.57. The van der Waals surface area contributed by atoms with E-state index in [1.807, 2.05) is 6.26 Å². The Hall–Kier alpha value is -1.41. The molecule has 0 saturated carbocycles. The molecule has 0 radical (unpaired) electrons. The van der Waals surface area contributed by atoms with Gasteiger partial charge in [-0.05, 0) is 25.3 Å². The molecule has 0 aliphatic carbocycles. The van der Waals surface area contributed by atoms with Crippen LogP contribution in [0.4, 0.5) is 8.78 Å². The second-order valence-electron chi connectivity index (χ2n) is 4.14. The third-order valence-corrected chi connectivity index (χ3v) is 4.03. The lowest BCUT2D eigenvalue weighted by Crippen LogP contribution is -2.15. The summed E-state index contributed by atoms with van der Waals surface area (Å²) in [6.07, 6.45) is 1.90. The van der Waals surface area contributed by atoms with Gasteiger partial charge in [0.25, 0.3) is 5.22 Å². The van der Waals surface area contributed by atoms with E-state index in [0.717, 1.165) is 23.9 Å². The molecule has 0 fully saturated rings. The number of carbonyl (C=O) groups is 1. The van der Waals surface area contributed by atoms with Crippen molar-refractivity contribution in [3.63, 3.8) is 0 Å². The highest BCUT2D eigenvalue weighted by Crippen LogP contribution is 2.26. The van der Waals surface area contributed by atoms with Gasteiger partial charge in [-0.2, -0.15) is 11.8 Å². The minimum absolute atomic E-state index is 0.153. The van der Waals surface area contributed by atoms with Crippen LogP contribution in [0.2, 0.25) is 0 Å². The van der Waals surface area contributed by atoms with Gasteiger partial charge in [-0.15, -0.1) is 10.2 Å². The summed E-state index contributed by atoms with van der Waals surface area (Å²) in [6, 6.07) is 2.88. The van der Waals surface area contributed by atoms with E-state index in [0.29, 0.717) is 17.7 Å². The van der Waals surface area contributed by atoms with Crippen LogP contribution in [0.1, 0.15) is 23.2 Å². The van der Waals surface area contributed by atoms with Gasteiger partial charge in [0, 0.05) is 6.07 Å². The van der Waals surface area contributed by atoms with E-state index in [1.165, 1.54) is 11.8 Å². The van der Waals surface area contributed by atoms with Crippen molar-refractivity contribution in [2.75, 3.05) is 6.26 Å². The molecule has 8 heteroatoms. The summed E-state index contributed by atoms with van der Waals surface area (Å²) in [4.78, 5) is 12.1. The third kappa shape index (κ3) is 4.04. The quantitative estimate of drug-likeness (QED) is 0.596. The second-order valence-corrected chi connectivity index (χ2v) is 6.30. The molecule has 2 rings (SSSR count). The lowest BCUT2D eigenvalue weighted by atomic mass is 10.1. The minimum Gasteiger partial charge on any atom is -0.415 e. The van der Waals surface area contributed by atoms with E-state index >= 15 is 0 Å². The van der Waals surface area contributed by atoms with E-state index < -0.39 is 22.7 Å². The van der Waals surface area contributed by atoms with Crippen molar-refractivity contribution in [2.24, 2.45) is 0 Å². The van der Waals surface area contributed by atoms with Gasteiger partial charge in [0.15, 0.2) is 5.78 Å². The Morgan fingerprint density at radius 3 is 2.81 bits per heavy atom. The molecule has 21 heavy (non-hydrogen) atoms. The van der Waals surface area contributed by atoms with Crippen LogP contribution in [0, 0.1) is 11.6 Å². The first-order chi connectivity index (χ1) is 10.0. The van der Waals surface area contributed by atoms with Gasteiger partial charge in [-0.25, -0.2) is 8.78 Å². The first-order valence-corrected chi connectivity index (χ1v) is 8.26. The van der Waals surface area contributed by atoms with Crippen LogP contribution in [0.5, 0.6) is 0 Å². The zero-order chi connectivity index (χ0) is 15.4. The number of carbonyl (C=O) groups excluding carboxylic acids is 1. The Labute approximate surface area is 128 Å². The second kappa shape index (κ2) is 7.04. The molecule has 0 bridgehead atoms. The highest BCUT2D eigenvalue weighted by atomic mass is 32.2. The molecule has 2 aromatic rings. The van der Waals surface area contributed by atoms with Crippen molar-refractivity contribution in [2.45, 2.75) is 23.1 Å². The van der Waals surface area contributed by atoms with E-state index in [9.17, 15) is 13.6 Å². The lowest BCUT2D eigenvalue weighted by molar-refractivity contribution is 0.0989. The number of Topliss-reactive ketones (excluding diaryl/α,β-unsaturated/α-hetero) is 1. The highest BCUT2D eigenvalue weighted by molar-refractivity contribution is 8.00. The molecule has 0 saturated heterocycles. The van der Waals surface area contributed by atoms with Crippen LogP contribution in [-0.4, -0.2) is 27.5 Å². The fourth-order valence-corrected chi connectivity index (χ4v) is 2.71. The molecular weight excluding hydrogens is 318 g/mol. The molecule has 0 spiro atoms. The maximum atomic E-state index is 13.6. The monoisotopic (exact) mass is 330 g/mol. The van der Waals surface area contributed by atoms with Crippen molar-refractivity contribution in [1.29, 1.82) is 0 Å². The first-order valence-electron chi connectivity index (χ1n) is 5.98.